The number of fused-ring (bicyclic) bond motifs is 1. The molecule has 30 heavy (non-hydrogen) atoms. The van der Waals surface area contributed by atoms with Crippen molar-refractivity contribution in [3.05, 3.63) is 53.1 Å². The minimum atomic E-state index is -0.648. The number of hydrogen-bond acceptors (Lipinski definition) is 4. The van der Waals surface area contributed by atoms with E-state index in [1.165, 1.54) is 0 Å². The van der Waals surface area contributed by atoms with E-state index in [1.54, 1.807) is 7.05 Å². The first kappa shape index (κ1) is 22.0. The van der Waals surface area contributed by atoms with Gasteiger partial charge < -0.3 is 15.2 Å². The van der Waals surface area contributed by atoms with Crippen LogP contribution in [0.15, 0.2) is 30.3 Å². The summed E-state index contributed by atoms with van der Waals surface area (Å²) in [6.45, 7) is 9.42. The van der Waals surface area contributed by atoms with Crippen molar-refractivity contribution in [2.24, 2.45) is 5.41 Å². The van der Waals surface area contributed by atoms with Gasteiger partial charge in [0.15, 0.2) is 5.69 Å². The van der Waals surface area contributed by atoms with Crippen LogP contribution in [0.1, 0.15) is 55.3 Å². The molecule has 0 aliphatic carbocycles. The van der Waals surface area contributed by atoms with E-state index >= 15 is 0 Å². The molecule has 162 valence electrons. The predicted molar refractivity (Wildman–Crippen MR) is 117 cm³/mol. The summed E-state index contributed by atoms with van der Waals surface area (Å²) >= 11 is 0. The van der Waals surface area contributed by atoms with Gasteiger partial charge >= 0.3 is 0 Å². The largest absolute Gasteiger partial charge is 0.357 e. The van der Waals surface area contributed by atoms with Gasteiger partial charge in [-0.1, -0.05) is 51.1 Å². The molecule has 7 nitrogen and oxygen atoms in total. The molecule has 1 aromatic carbocycles. The number of likely N-dealkylation sites (N-methyl/N-ethyl adjacent to an activating group) is 2. The molecule has 3 rings (SSSR count). The molecule has 1 aliphatic heterocycles. The Hall–Kier alpha value is -2.67. The quantitative estimate of drug-likeness (QED) is 0.791. The van der Waals surface area contributed by atoms with Gasteiger partial charge in [-0.3, -0.25) is 14.5 Å². The minimum absolute atomic E-state index is 0.209. The van der Waals surface area contributed by atoms with Crippen LogP contribution in [0.4, 0.5) is 0 Å². The number of nitrogens with zero attached hydrogens (tertiary/aromatic N) is 3. The van der Waals surface area contributed by atoms with Crippen LogP contribution in [0.2, 0.25) is 0 Å². The van der Waals surface area contributed by atoms with Gasteiger partial charge in [0.25, 0.3) is 5.91 Å². The summed E-state index contributed by atoms with van der Waals surface area (Å²) in [5.74, 6) is 0.372. The lowest BCUT2D eigenvalue weighted by Gasteiger charge is -2.32. The van der Waals surface area contributed by atoms with Crippen molar-refractivity contribution < 1.29 is 9.59 Å². The van der Waals surface area contributed by atoms with Gasteiger partial charge in [-0.15, -0.1) is 0 Å². The van der Waals surface area contributed by atoms with E-state index in [1.807, 2.05) is 39.0 Å². The van der Waals surface area contributed by atoms with Crippen LogP contribution in [-0.4, -0.2) is 52.4 Å². The Morgan fingerprint density at radius 1 is 1.23 bits per heavy atom. The topological polar surface area (TPSA) is 79.3 Å². The maximum absolute atomic E-state index is 13.3. The van der Waals surface area contributed by atoms with E-state index in [0.29, 0.717) is 24.7 Å². The summed E-state index contributed by atoms with van der Waals surface area (Å²) in [4.78, 5) is 32.6. The van der Waals surface area contributed by atoms with Gasteiger partial charge in [-0.05, 0) is 24.9 Å². The van der Waals surface area contributed by atoms with E-state index in [2.05, 4.69) is 46.2 Å². The minimum Gasteiger partial charge on any atom is -0.357 e. The molecule has 0 fully saturated rings. The highest BCUT2D eigenvalue weighted by atomic mass is 16.2. The lowest BCUT2D eigenvalue weighted by Crippen LogP contribution is -2.53. The van der Waals surface area contributed by atoms with Crippen LogP contribution in [0.3, 0.4) is 0 Å². The monoisotopic (exact) mass is 411 g/mol. The molecule has 2 aromatic rings. The second-order valence-corrected chi connectivity index (χ2v) is 9.25. The number of hydrogen-bond donors (Lipinski definition) is 2. The highest BCUT2D eigenvalue weighted by Crippen LogP contribution is 2.25. The molecule has 2 amide bonds. The van der Waals surface area contributed by atoms with Crippen LogP contribution in [0, 0.1) is 5.41 Å². The molecule has 0 bridgehead atoms. The van der Waals surface area contributed by atoms with Crippen molar-refractivity contribution in [1.82, 2.24) is 25.1 Å². The second-order valence-electron chi connectivity index (χ2n) is 9.25. The van der Waals surface area contributed by atoms with Crippen LogP contribution < -0.4 is 10.6 Å². The zero-order chi connectivity index (χ0) is 22.1. The Kier molecular flexibility index (Phi) is 6.31. The molecule has 0 saturated heterocycles. The molecule has 0 spiro atoms. The van der Waals surface area contributed by atoms with Crippen molar-refractivity contribution >= 4 is 11.8 Å². The molecule has 0 radical (unpaired) electrons. The van der Waals surface area contributed by atoms with Gasteiger partial charge in [0.1, 0.15) is 11.9 Å². The van der Waals surface area contributed by atoms with Crippen LogP contribution in [0.25, 0.3) is 0 Å². The molecule has 7 heteroatoms. The fourth-order valence-corrected chi connectivity index (χ4v) is 3.82. The third-order valence-electron chi connectivity index (χ3n) is 5.82. The van der Waals surface area contributed by atoms with Crippen molar-refractivity contribution in [1.29, 1.82) is 0 Å². The molecular formula is C23H33N5O2. The number of imidazole rings is 1. The average Bonchev–Trinajstić information content (AvgIpc) is 3.03. The van der Waals surface area contributed by atoms with Crippen LogP contribution in [0.5, 0.6) is 0 Å². The summed E-state index contributed by atoms with van der Waals surface area (Å²) in [5.41, 5.74) is 2.05. The maximum atomic E-state index is 13.3. The number of carbonyl (C=O) groups excluding carboxylic acids is 2. The highest BCUT2D eigenvalue weighted by molar-refractivity contribution is 5.97. The summed E-state index contributed by atoms with van der Waals surface area (Å²) in [5, 5.41) is 5.59. The van der Waals surface area contributed by atoms with E-state index < -0.39 is 11.5 Å². The van der Waals surface area contributed by atoms with Crippen molar-refractivity contribution in [2.75, 3.05) is 14.1 Å². The van der Waals surface area contributed by atoms with Crippen LogP contribution >= 0.6 is 0 Å². The Labute approximate surface area is 178 Å². The standard InChI is InChI=1S/C23H33N5O2/c1-15-13-28-17(14-27(15)6)19(25-18(28)12-16-10-8-7-9-11-16)21(29)26-20(22(30)24-5)23(2,3)4/h7-11,15,20H,12-14H2,1-6H3,(H,24,30)(H,26,29). The number of carbonyl (C=O) groups is 2. The molecular weight excluding hydrogens is 378 g/mol. The first-order valence-corrected chi connectivity index (χ1v) is 10.5. The third-order valence-corrected chi connectivity index (χ3v) is 5.82. The Morgan fingerprint density at radius 3 is 2.50 bits per heavy atom. The van der Waals surface area contributed by atoms with Gasteiger partial charge in [-0.2, -0.15) is 0 Å². The Morgan fingerprint density at radius 2 is 1.90 bits per heavy atom. The van der Waals surface area contributed by atoms with Crippen molar-refractivity contribution in [3.8, 4) is 0 Å². The molecule has 1 aliphatic rings. The smallest absolute Gasteiger partial charge is 0.272 e. The third kappa shape index (κ3) is 4.56. The predicted octanol–water partition coefficient (Wildman–Crippen LogP) is 2.20. The summed E-state index contributed by atoms with van der Waals surface area (Å²) < 4.78 is 2.18. The number of rotatable bonds is 5. The van der Waals surface area contributed by atoms with Crippen molar-refractivity contribution in [2.45, 2.75) is 59.3 Å². The van der Waals surface area contributed by atoms with E-state index in [-0.39, 0.29) is 11.8 Å². The first-order valence-electron chi connectivity index (χ1n) is 10.5. The van der Waals surface area contributed by atoms with E-state index in [9.17, 15) is 9.59 Å². The molecule has 2 unspecified atom stereocenters. The SMILES string of the molecule is CNC(=O)C(NC(=O)c1nc(Cc2ccccc2)n2c1CN(C)C(C)C2)C(C)(C)C. The molecule has 1 aromatic heterocycles. The van der Waals surface area contributed by atoms with E-state index in [4.69, 9.17) is 4.98 Å². The molecule has 2 heterocycles. The van der Waals surface area contributed by atoms with Gasteiger partial charge in [0.2, 0.25) is 5.91 Å². The zero-order valence-corrected chi connectivity index (χ0v) is 18.8. The fourth-order valence-electron chi connectivity index (χ4n) is 3.82. The number of amides is 2. The lowest BCUT2D eigenvalue weighted by atomic mass is 9.86. The average molecular weight is 412 g/mol. The van der Waals surface area contributed by atoms with Gasteiger partial charge in [0.05, 0.1) is 5.69 Å². The summed E-state index contributed by atoms with van der Waals surface area (Å²) in [7, 11) is 3.64. The maximum Gasteiger partial charge on any atom is 0.272 e. The van der Waals surface area contributed by atoms with E-state index in [0.717, 1.165) is 23.6 Å². The first-order chi connectivity index (χ1) is 14.1. The highest BCUT2D eigenvalue weighted by Gasteiger charge is 2.35. The number of benzene rings is 1. The second kappa shape index (κ2) is 8.60. The lowest BCUT2D eigenvalue weighted by molar-refractivity contribution is -0.124. The molecule has 2 atom stereocenters. The Bertz CT molecular complexity index is 914. The fraction of sp³-hybridized carbons (Fsp3) is 0.522. The van der Waals surface area contributed by atoms with Gasteiger partial charge in [0, 0.05) is 32.6 Å². The Balaban J connectivity index is 1.96. The zero-order valence-electron chi connectivity index (χ0n) is 18.8. The number of aromatic nitrogens is 2. The number of nitrogens with one attached hydrogen (secondary N) is 2. The normalized spacial score (nSPS) is 17.9. The van der Waals surface area contributed by atoms with Gasteiger partial charge in [-0.25, -0.2) is 4.98 Å². The molecule has 0 saturated carbocycles. The molecule has 2 N–H and O–H groups in total. The van der Waals surface area contributed by atoms with Crippen LogP contribution in [-0.2, 0) is 24.3 Å². The van der Waals surface area contributed by atoms with Crippen molar-refractivity contribution in [3.63, 3.8) is 0 Å². The summed E-state index contributed by atoms with van der Waals surface area (Å²) in [6, 6.07) is 9.86. The summed E-state index contributed by atoms with van der Waals surface area (Å²) in [6.07, 6.45) is 0.662.